The first kappa shape index (κ1) is 28.5. The number of likely N-dealkylation sites (tertiary alicyclic amines) is 1. The van der Waals surface area contributed by atoms with Crippen LogP contribution in [0.25, 0.3) is 0 Å². The van der Waals surface area contributed by atoms with E-state index in [0.717, 1.165) is 10.4 Å². The van der Waals surface area contributed by atoms with Crippen molar-refractivity contribution in [2.24, 2.45) is 5.73 Å². The SMILES string of the molecule is N[C@@H](CC(=O)N1CCC[C@H]1CNC(=O)c1cc(S(=O)(=O)N2CCC2)c(F)cc1F)[C@H]1CCc2cc(F)c(F)cc21. The molecule has 0 unspecified atom stereocenters. The lowest BCUT2D eigenvalue weighted by Crippen LogP contribution is -2.45. The van der Waals surface area contributed by atoms with E-state index in [0.29, 0.717) is 61.9 Å². The Bertz CT molecular complexity index is 1450. The van der Waals surface area contributed by atoms with E-state index in [4.69, 9.17) is 5.73 Å². The van der Waals surface area contributed by atoms with Gasteiger partial charge in [-0.05, 0) is 61.4 Å². The van der Waals surface area contributed by atoms with Crippen LogP contribution in [0.5, 0.6) is 0 Å². The number of hydrogen-bond acceptors (Lipinski definition) is 5. The first-order valence-electron chi connectivity index (χ1n) is 13.3. The van der Waals surface area contributed by atoms with E-state index in [1.54, 1.807) is 4.90 Å². The lowest BCUT2D eigenvalue weighted by molar-refractivity contribution is -0.132. The number of rotatable bonds is 8. The van der Waals surface area contributed by atoms with E-state index in [2.05, 4.69) is 5.32 Å². The molecule has 3 aliphatic rings. The average molecular weight is 583 g/mol. The minimum atomic E-state index is -4.19. The molecular formula is C27H30F4N4O4S. The summed E-state index contributed by atoms with van der Waals surface area (Å²) in [4.78, 5) is 26.8. The number of nitrogens with one attached hydrogen (secondary N) is 1. The zero-order chi connectivity index (χ0) is 28.8. The van der Waals surface area contributed by atoms with Crippen LogP contribution in [0.1, 0.15) is 59.5 Å². The van der Waals surface area contributed by atoms with Gasteiger partial charge in [-0.25, -0.2) is 26.0 Å². The zero-order valence-electron chi connectivity index (χ0n) is 21.6. The van der Waals surface area contributed by atoms with Crippen LogP contribution in [-0.2, 0) is 21.2 Å². The summed E-state index contributed by atoms with van der Waals surface area (Å²) in [5, 5.41) is 2.54. The second-order valence-corrected chi connectivity index (χ2v) is 12.5. The summed E-state index contributed by atoms with van der Waals surface area (Å²) < 4.78 is 82.6. The van der Waals surface area contributed by atoms with E-state index in [1.807, 2.05) is 0 Å². The van der Waals surface area contributed by atoms with Gasteiger partial charge in [-0.15, -0.1) is 0 Å². The fourth-order valence-corrected chi connectivity index (χ4v) is 7.38. The molecule has 2 aliphatic heterocycles. The molecule has 2 saturated heterocycles. The van der Waals surface area contributed by atoms with Gasteiger partial charge in [0.05, 0.1) is 5.56 Å². The Labute approximate surface area is 229 Å². The van der Waals surface area contributed by atoms with Crippen molar-refractivity contribution >= 4 is 21.8 Å². The number of halogens is 4. The van der Waals surface area contributed by atoms with Crippen molar-refractivity contribution in [1.29, 1.82) is 0 Å². The Morgan fingerprint density at radius 3 is 2.38 bits per heavy atom. The monoisotopic (exact) mass is 582 g/mol. The smallest absolute Gasteiger partial charge is 0.254 e. The number of aryl methyl sites for hydroxylation is 1. The number of amides is 2. The Morgan fingerprint density at radius 2 is 1.68 bits per heavy atom. The van der Waals surface area contributed by atoms with Crippen molar-refractivity contribution in [3.05, 3.63) is 64.2 Å². The van der Waals surface area contributed by atoms with Gasteiger partial charge in [0, 0.05) is 56.7 Å². The first-order valence-corrected chi connectivity index (χ1v) is 14.7. The van der Waals surface area contributed by atoms with Crippen molar-refractivity contribution in [3.8, 4) is 0 Å². The Morgan fingerprint density at radius 1 is 0.950 bits per heavy atom. The summed E-state index contributed by atoms with van der Waals surface area (Å²) in [6.07, 6.45) is 2.95. The summed E-state index contributed by atoms with van der Waals surface area (Å²) in [6.45, 7) is 0.842. The maximum Gasteiger partial charge on any atom is 0.254 e. The second-order valence-electron chi connectivity index (χ2n) is 10.6. The molecule has 0 bridgehead atoms. The van der Waals surface area contributed by atoms with Gasteiger partial charge < -0.3 is 16.0 Å². The van der Waals surface area contributed by atoms with Gasteiger partial charge in [0.15, 0.2) is 11.6 Å². The van der Waals surface area contributed by atoms with Gasteiger partial charge in [-0.3, -0.25) is 9.59 Å². The number of nitrogens with two attached hydrogens (primary N) is 1. The Hall–Kier alpha value is -3.03. The predicted octanol–water partition coefficient (Wildman–Crippen LogP) is 2.81. The number of benzene rings is 2. The van der Waals surface area contributed by atoms with Crippen LogP contribution >= 0.6 is 0 Å². The Balaban J connectivity index is 1.22. The highest BCUT2D eigenvalue weighted by Gasteiger charge is 2.36. The molecule has 3 N–H and O–H groups in total. The second kappa shape index (κ2) is 11.1. The van der Waals surface area contributed by atoms with E-state index in [9.17, 15) is 35.6 Å². The molecule has 40 heavy (non-hydrogen) atoms. The largest absolute Gasteiger partial charge is 0.350 e. The summed E-state index contributed by atoms with van der Waals surface area (Å²) >= 11 is 0. The molecule has 8 nitrogen and oxygen atoms in total. The maximum atomic E-state index is 14.5. The number of sulfonamides is 1. The molecule has 1 aliphatic carbocycles. The number of carbonyl (C=O) groups is 2. The molecule has 0 radical (unpaired) electrons. The molecule has 5 rings (SSSR count). The normalized spacial score (nSPS) is 21.7. The van der Waals surface area contributed by atoms with Gasteiger partial charge in [0.25, 0.3) is 5.91 Å². The summed E-state index contributed by atoms with van der Waals surface area (Å²) in [6, 6.07) is 2.39. The molecule has 0 saturated carbocycles. The minimum absolute atomic E-state index is 0.0262. The quantitative estimate of drug-likeness (QED) is 0.465. The standard InChI is InChI=1S/C27H30F4N4O4S/c28-20-12-23(31)25(40(38,39)34-6-2-7-34)11-19(20)27(37)33-14-16-3-1-8-35(16)26(36)13-24(32)17-5-4-15-9-21(29)22(30)10-18(15)17/h9-12,16-17,24H,1-8,13-14,32H2,(H,33,37)/t16-,17-,24-/m0/s1. The molecule has 0 spiro atoms. The fourth-order valence-electron chi connectivity index (χ4n) is 5.79. The van der Waals surface area contributed by atoms with Crippen molar-refractivity contribution in [2.45, 2.75) is 61.4 Å². The summed E-state index contributed by atoms with van der Waals surface area (Å²) in [5.74, 6) is -5.82. The van der Waals surface area contributed by atoms with Crippen molar-refractivity contribution < 1.29 is 35.6 Å². The van der Waals surface area contributed by atoms with Crippen molar-refractivity contribution in [3.63, 3.8) is 0 Å². The highest BCUT2D eigenvalue weighted by molar-refractivity contribution is 7.89. The molecule has 3 atom stereocenters. The van der Waals surface area contributed by atoms with Gasteiger partial charge in [0.2, 0.25) is 15.9 Å². The molecule has 2 fully saturated rings. The number of fused-ring (bicyclic) bond motifs is 1. The van der Waals surface area contributed by atoms with E-state index in [1.165, 1.54) is 6.07 Å². The molecule has 0 aromatic heterocycles. The molecule has 2 amide bonds. The van der Waals surface area contributed by atoms with E-state index < -0.39 is 61.7 Å². The van der Waals surface area contributed by atoms with Gasteiger partial charge >= 0.3 is 0 Å². The molecule has 2 aromatic carbocycles. The third-order valence-electron chi connectivity index (χ3n) is 8.13. The van der Waals surface area contributed by atoms with E-state index in [-0.39, 0.29) is 37.9 Å². The minimum Gasteiger partial charge on any atom is -0.350 e. The third kappa shape index (κ3) is 5.34. The molecular weight excluding hydrogens is 552 g/mol. The first-order chi connectivity index (χ1) is 19.0. The predicted molar refractivity (Wildman–Crippen MR) is 137 cm³/mol. The van der Waals surface area contributed by atoms with Crippen LogP contribution in [0.15, 0.2) is 29.2 Å². The number of nitrogens with zero attached hydrogens (tertiary/aromatic N) is 2. The molecule has 2 heterocycles. The highest BCUT2D eigenvalue weighted by atomic mass is 32.2. The topological polar surface area (TPSA) is 113 Å². The van der Waals surface area contributed by atoms with Gasteiger partial charge in [-0.1, -0.05) is 0 Å². The van der Waals surface area contributed by atoms with Crippen LogP contribution in [-0.4, -0.2) is 67.7 Å². The average Bonchev–Trinajstić information content (AvgIpc) is 3.48. The van der Waals surface area contributed by atoms with Crippen LogP contribution in [0, 0.1) is 23.3 Å². The maximum absolute atomic E-state index is 14.5. The highest BCUT2D eigenvalue weighted by Crippen LogP contribution is 2.37. The summed E-state index contributed by atoms with van der Waals surface area (Å²) in [5.41, 5.74) is 7.04. The van der Waals surface area contributed by atoms with Crippen LogP contribution in [0.3, 0.4) is 0 Å². The van der Waals surface area contributed by atoms with Gasteiger partial charge in [-0.2, -0.15) is 4.31 Å². The molecule has 2 aromatic rings. The van der Waals surface area contributed by atoms with Crippen molar-refractivity contribution in [2.75, 3.05) is 26.2 Å². The molecule has 13 heteroatoms. The lowest BCUT2D eigenvalue weighted by Gasteiger charge is -2.30. The third-order valence-corrected chi connectivity index (χ3v) is 10.0. The fraction of sp³-hybridized carbons (Fsp3) is 0.481. The lowest BCUT2D eigenvalue weighted by atomic mass is 9.91. The van der Waals surface area contributed by atoms with Crippen LogP contribution in [0.2, 0.25) is 0 Å². The number of carbonyl (C=O) groups excluding carboxylic acids is 2. The Kier molecular flexibility index (Phi) is 7.90. The zero-order valence-corrected chi connectivity index (χ0v) is 22.5. The van der Waals surface area contributed by atoms with Crippen LogP contribution in [0.4, 0.5) is 17.6 Å². The molecule has 216 valence electrons. The number of hydrogen-bond donors (Lipinski definition) is 2. The van der Waals surface area contributed by atoms with Crippen LogP contribution < -0.4 is 11.1 Å². The van der Waals surface area contributed by atoms with Gasteiger partial charge in [0.1, 0.15) is 16.5 Å². The van der Waals surface area contributed by atoms with E-state index >= 15 is 0 Å². The summed E-state index contributed by atoms with van der Waals surface area (Å²) in [7, 11) is -4.19. The van der Waals surface area contributed by atoms with Crippen molar-refractivity contribution in [1.82, 2.24) is 14.5 Å².